The van der Waals surface area contributed by atoms with Crippen molar-refractivity contribution in [3.8, 4) is 0 Å². The lowest BCUT2D eigenvalue weighted by Crippen LogP contribution is -2.45. The van der Waals surface area contributed by atoms with Crippen LogP contribution < -0.4 is 5.32 Å². The first-order chi connectivity index (χ1) is 7.81. The Balaban J connectivity index is 1.69. The van der Waals surface area contributed by atoms with Crippen LogP contribution in [0.2, 0.25) is 0 Å². The molecular formula is C13H17NO2. The summed E-state index contributed by atoms with van der Waals surface area (Å²) in [6.45, 7) is 0.999. The molecule has 1 N–H and O–H groups in total. The summed E-state index contributed by atoms with van der Waals surface area (Å²) in [5, 5.41) is 3.38. The van der Waals surface area contributed by atoms with E-state index in [1.807, 2.05) is 0 Å². The molecule has 0 aromatic carbocycles. The summed E-state index contributed by atoms with van der Waals surface area (Å²) < 4.78 is 4.91. The fraction of sp³-hybridized carbons (Fsp3) is 0.769. The molecule has 1 saturated heterocycles. The molecule has 4 aliphatic carbocycles. The summed E-state index contributed by atoms with van der Waals surface area (Å²) in [6, 6.07) is -0.0472. The summed E-state index contributed by atoms with van der Waals surface area (Å²) in [5.41, 5.74) is 0. The first-order valence-electron chi connectivity index (χ1n) is 6.31. The highest BCUT2D eigenvalue weighted by Crippen LogP contribution is 2.65. The van der Waals surface area contributed by atoms with Crippen molar-refractivity contribution in [2.75, 3.05) is 13.7 Å². The Morgan fingerprint density at radius 3 is 2.81 bits per heavy atom. The minimum Gasteiger partial charge on any atom is -0.468 e. The lowest BCUT2D eigenvalue weighted by atomic mass is 9.62. The van der Waals surface area contributed by atoms with Gasteiger partial charge in [-0.25, -0.2) is 0 Å². The number of hydrogen-bond donors (Lipinski definition) is 1. The number of rotatable bonds is 1. The second-order valence-electron chi connectivity index (χ2n) is 5.75. The van der Waals surface area contributed by atoms with E-state index in [0.717, 1.165) is 24.3 Å². The van der Waals surface area contributed by atoms with E-state index in [1.54, 1.807) is 0 Å². The maximum absolute atomic E-state index is 11.8. The molecule has 5 rings (SSSR count). The summed E-state index contributed by atoms with van der Waals surface area (Å²) in [5.74, 6) is 4.32. The lowest BCUT2D eigenvalue weighted by molar-refractivity contribution is -0.144. The second kappa shape index (κ2) is 2.89. The van der Waals surface area contributed by atoms with E-state index in [9.17, 15) is 4.79 Å². The molecule has 0 radical (unpaired) electrons. The van der Waals surface area contributed by atoms with Crippen LogP contribution in [0.3, 0.4) is 0 Å². The van der Waals surface area contributed by atoms with Gasteiger partial charge in [-0.3, -0.25) is 4.79 Å². The molecule has 7 unspecified atom stereocenters. The molecule has 0 aromatic rings. The molecule has 0 aromatic heterocycles. The van der Waals surface area contributed by atoms with Gasteiger partial charge >= 0.3 is 5.97 Å². The van der Waals surface area contributed by atoms with Gasteiger partial charge in [0.15, 0.2) is 0 Å². The highest BCUT2D eigenvalue weighted by Gasteiger charge is 2.63. The quantitative estimate of drug-likeness (QED) is 0.524. The summed E-state index contributed by atoms with van der Waals surface area (Å²) in [4.78, 5) is 11.8. The van der Waals surface area contributed by atoms with Crippen LogP contribution in [0.5, 0.6) is 0 Å². The maximum atomic E-state index is 11.8. The third kappa shape index (κ3) is 0.956. The molecule has 3 fully saturated rings. The van der Waals surface area contributed by atoms with Crippen LogP contribution in [0, 0.1) is 35.5 Å². The van der Waals surface area contributed by atoms with Crippen molar-refractivity contribution in [3.05, 3.63) is 12.2 Å². The lowest BCUT2D eigenvalue weighted by Gasteiger charge is -2.41. The molecule has 3 nitrogen and oxygen atoms in total. The van der Waals surface area contributed by atoms with E-state index >= 15 is 0 Å². The van der Waals surface area contributed by atoms with Crippen LogP contribution in [0.4, 0.5) is 0 Å². The third-order valence-electron chi connectivity index (χ3n) is 5.28. The topological polar surface area (TPSA) is 38.3 Å². The molecule has 16 heavy (non-hydrogen) atoms. The fourth-order valence-electron chi connectivity index (χ4n) is 4.59. The number of carbonyl (C=O) groups excluding carboxylic acids is 1. The van der Waals surface area contributed by atoms with Crippen molar-refractivity contribution in [2.24, 2.45) is 35.5 Å². The van der Waals surface area contributed by atoms with Crippen LogP contribution in [0.15, 0.2) is 12.2 Å². The summed E-state index contributed by atoms with van der Waals surface area (Å²) >= 11 is 0. The Morgan fingerprint density at radius 2 is 2.00 bits per heavy atom. The molecule has 7 atom stereocenters. The van der Waals surface area contributed by atoms with Crippen molar-refractivity contribution in [1.29, 1.82) is 0 Å². The van der Waals surface area contributed by atoms with Gasteiger partial charge in [0.2, 0.25) is 0 Å². The molecular weight excluding hydrogens is 202 g/mol. The average molecular weight is 219 g/mol. The predicted molar refractivity (Wildman–Crippen MR) is 58.5 cm³/mol. The highest BCUT2D eigenvalue weighted by molar-refractivity contribution is 5.77. The van der Waals surface area contributed by atoms with Crippen LogP contribution in [-0.4, -0.2) is 25.7 Å². The van der Waals surface area contributed by atoms with Gasteiger partial charge < -0.3 is 10.1 Å². The Bertz CT molecular complexity index is 378. The van der Waals surface area contributed by atoms with Gasteiger partial charge in [0.1, 0.15) is 6.04 Å². The zero-order chi connectivity index (χ0) is 10.9. The summed E-state index contributed by atoms with van der Waals surface area (Å²) in [7, 11) is 1.49. The van der Waals surface area contributed by atoms with Gasteiger partial charge in [0.05, 0.1) is 7.11 Å². The number of allylic oxidation sites excluding steroid dienone is 2. The molecule has 5 aliphatic rings. The zero-order valence-electron chi connectivity index (χ0n) is 9.43. The Kier molecular flexibility index (Phi) is 1.67. The first kappa shape index (κ1) is 9.23. The molecule has 1 aliphatic heterocycles. The van der Waals surface area contributed by atoms with E-state index in [4.69, 9.17) is 4.74 Å². The highest BCUT2D eigenvalue weighted by atomic mass is 16.5. The first-order valence-corrected chi connectivity index (χ1v) is 6.31. The van der Waals surface area contributed by atoms with Crippen LogP contribution in [0.1, 0.15) is 6.42 Å². The minimum atomic E-state index is -0.0642. The smallest absolute Gasteiger partial charge is 0.323 e. The van der Waals surface area contributed by atoms with Crippen molar-refractivity contribution in [1.82, 2.24) is 5.32 Å². The van der Waals surface area contributed by atoms with Gasteiger partial charge in [-0.1, -0.05) is 12.2 Å². The van der Waals surface area contributed by atoms with Crippen molar-refractivity contribution in [3.63, 3.8) is 0 Å². The van der Waals surface area contributed by atoms with Gasteiger partial charge in [-0.2, -0.15) is 0 Å². The number of ether oxygens (including phenoxy) is 1. The number of carbonyl (C=O) groups is 1. The van der Waals surface area contributed by atoms with Crippen LogP contribution in [0.25, 0.3) is 0 Å². The van der Waals surface area contributed by atoms with Crippen LogP contribution in [-0.2, 0) is 9.53 Å². The van der Waals surface area contributed by atoms with E-state index in [1.165, 1.54) is 13.5 Å². The SMILES string of the molecule is COC(=O)C1NCC2C3C=CC(C4CC34)C12. The minimum absolute atomic E-state index is 0.0472. The number of hydrogen-bond acceptors (Lipinski definition) is 3. The van der Waals surface area contributed by atoms with Gasteiger partial charge in [-0.05, 0) is 48.5 Å². The second-order valence-corrected chi connectivity index (χ2v) is 5.75. The largest absolute Gasteiger partial charge is 0.468 e. The molecule has 2 saturated carbocycles. The average Bonchev–Trinajstić information content (AvgIpc) is 3.02. The number of esters is 1. The van der Waals surface area contributed by atoms with Gasteiger partial charge in [0, 0.05) is 0 Å². The van der Waals surface area contributed by atoms with E-state index in [-0.39, 0.29) is 12.0 Å². The maximum Gasteiger partial charge on any atom is 0.323 e. The molecule has 1 heterocycles. The van der Waals surface area contributed by atoms with Crippen molar-refractivity contribution >= 4 is 5.97 Å². The molecule has 2 bridgehead atoms. The van der Waals surface area contributed by atoms with E-state index in [0.29, 0.717) is 17.8 Å². The molecule has 0 amide bonds. The standard InChI is InChI=1S/C13H17NO2/c1-16-13(15)12-11-7-3-2-6(8-4-9(7)8)10(11)5-14-12/h2-3,6-12,14H,4-5H2,1H3. The molecule has 0 spiro atoms. The Morgan fingerprint density at radius 1 is 1.25 bits per heavy atom. The Labute approximate surface area is 95.2 Å². The van der Waals surface area contributed by atoms with Crippen molar-refractivity contribution in [2.45, 2.75) is 12.5 Å². The van der Waals surface area contributed by atoms with E-state index in [2.05, 4.69) is 17.5 Å². The number of methoxy groups -OCH3 is 1. The number of nitrogens with one attached hydrogen (secondary N) is 1. The van der Waals surface area contributed by atoms with E-state index < -0.39 is 0 Å². The van der Waals surface area contributed by atoms with Crippen molar-refractivity contribution < 1.29 is 9.53 Å². The fourth-order valence-corrected chi connectivity index (χ4v) is 4.59. The predicted octanol–water partition coefficient (Wildman–Crippen LogP) is 0.815. The monoisotopic (exact) mass is 219 g/mol. The third-order valence-corrected chi connectivity index (χ3v) is 5.28. The zero-order valence-corrected chi connectivity index (χ0v) is 9.43. The van der Waals surface area contributed by atoms with Gasteiger partial charge in [0.25, 0.3) is 0 Å². The summed E-state index contributed by atoms with van der Waals surface area (Å²) in [6.07, 6.45) is 6.19. The van der Waals surface area contributed by atoms with Gasteiger partial charge in [-0.15, -0.1) is 0 Å². The van der Waals surface area contributed by atoms with Crippen LogP contribution >= 0.6 is 0 Å². The Hall–Kier alpha value is -0.830. The molecule has 3 heteroatoms. The molecule has 86 valence electrons. The normalized spacial score (nSPS) is 55.7.